The molecule has 15 heavy (non-hydrogen) atoms. The van der Waals surface area contributed by atoms with Gasteiger partial charge in [-0.2, -0.15) is 0 Å². The van der Waals surface area contributed by atoms with Crippen LogP contribution in [0.25, 0.3) is 0 Å². The minimum absolute atomic E-state index is 0.187. The fraction of sp³-hybridized carbons (Fsp3) is 0.800. The summed E-state index contributed by atoms with van der Waals surface area (Å²) in [6, 6.07) is 0.303. The van der Waals surface area contributed by atoms with E-state index in [0.717, 1.165) is 12.8 Å². The summed E-state index contributed by atoms with van der Waals surface area (Å²) in [5.74, 6) is 0.187. The smallest absolute Gasteiger partial charge is 0.214 e. The standard InChI is InChI=1S/C10H20N2O2S/c1-3-4-8-15(13,14)12-7-5-6-10(9-12)11-2/h3,10-11H,1,4-9H2,2H3. The monoisotopic (exact) mass is 232 g/mol. The van der Waals surface area contributed by atoms with E-state index in [1.165, 1.54) is 0 Å². The van der Waals surface area contributed by atoms with Gasteiger partial charge in [0.25, 0.3) is 0 Å². The Kier molecular flexibility index (Phi) is 4.76. The average molecular weight is 232 g/mol. The molecule has 0 aromatic rings. The van der Waals surface area contributed by atoms with Gasteiger partial charge in [0.1, 0.15) is 0 Å². The van der Waals surface area contributed by atoms with Crippen LogP contribution in [0.4, 0.5) is 0 Å². The highest BCUT2D eigenvalue weighted by molar-refractivity contribution is 7.89. The van der Waals surface area contributed by atoms with Crippen LogP contribution in [0.2, 0.25) is 0 Å². The van der Waals surface area contributed by atoms with Crippen LogP contribution < -0.4 is 5.32 Å². The van der Waals surface area contributed by atoms with Gasteiger partial charge in [0, 0.05) is 19.1 Å². The summed E-state index contributed by atoms with van der Waals surface area (Å²) in [6.07, 6.45) is 4.18. The molecule has 1 rings (SSSR count). The summed E-state index contributed by atoms with van der Waals surface area (Å²) in [5, 5.41) is 3.14. The quantitative estimate of drug-likeness (QED) is 0.705. The molecule has 1 atom stereocenters. The first-order chi connectivity index (χ1) is 7.10. The molecule has 1 saturated heterocycles. The molecule has 1 fully saturated rings. The van der Waals surface area contributed by atoms with Crippen molar-refractivity contribution in [2.45, 2.75) is 25.3 Å². The maximum Gasteiger partial charge on any atom is 0.214 e. The Morgan fingerprint density at radius 2 is 2.33 bits per heavy atom. The summed E-state index contributed by atoms with van der Waals surface area (Å²) < 4.78 is 25.3. The van der Waals surface area contributed by atoms with Crippen molar-refractivity contribution in [2.24, 2.45) is 0 Å². The molecule has 5 heteroatoms. The Hall–Kier alpha value is -0.390. The molecule has 1 heterocycles. The van der Waals surface area contributed by atoms with Gasteiger partial charge in [-0.05, 0) is 26.3 Å². The highest BCUT2D eigenvalue weighted by atomic mass is 32.2. The van der Waals surface area contributed by atoms with E-state index in [4.69, 9.17) is 0 Å². The summed E-state index contributed by atoms with van der Waals surface area (Å²) in [4.78, 5) is 0. The minimum atomic E-state index is -3.07. The van der Waals surface area contributed by atoms with Gasteiger partial charge in [-0.15, -0.1) is 6.58 Å². The highest BCUT2D eigenvalue weighted by Gasteiger charge is 2.27. The zero-order valence-electron chi connectivity index (χ0n) is 9.28. The van der Waals surface area contributed by atoms with Crippen LogP contribution in [0.1, 0.15) is 19.3 Å². The Bertz CT molecular complexity index is 301. The number of likely N-dealkylation sites (N-methyl/N-ethyl adjacent to an activating group) is 1. The van der Waals surface area contributed by atoms with Crippen molar-refractivity contribution in [3.63, 3.8) is 0 Å². The predicted molar refractivity (Wildman–Crippen MR) is 62.3 cm³/mol. The molecule has 88 valence electrons. The number of nitrogens with one attached hydrogen (secondary N) is 1. The Morgan fingerprint density at radius 1 is 1.60 bits per heavy atom. The van der Waals surface area contributed by atoms with Gasteiger partial charge in [-0.3, -0.25) is 0 Å². The lowest BCUT2D eigenvalue weighted by Gasteiger charge is -2.31. The number of allylic oxidation sites excluding steroid dienone is 1. The fourth-order valence-electron chi connectivity index (χ4n) is 1.79. The van der Waals surface area contributed by atoms with Crippen molar-refractivity contribution in [1.29, 1.82) is 0 Å². The van der Waals surface area contributed by atoms with Gasteiger partial charge < -0.3 is 5.32 Å². The zero-order chi connectivity index (χ0) is 11.3. The van der Waals surface area contributed by atoms with Crippen molar-refractivity contribution >= 4 is 10.0 Å². The predicted octanol–water partition coefficient (Wildman–Crippen LogP) is 0.576. The van der Waals surface area contributed by atoms with E-state index < -0.39 is 10.0 Å². The Labute approximate surface area is 92.4 Å². The zero-order valence-corrected chi connectivity index (χ0v) is 10.1. The molecule has 0 amide bonds. The van der Waals surface area contributed by atoms with E-state index >= 15 is 0 Å². The van der Waals surface area contributed by atoms with Crippen molar-refractivity contribution in [1.82, 2.24) is 9.62 Å². The van der Waals surface area contributed by atoms with Crippen molar-refractivity contribution in [2.75, 3.05) is 25.9 Å². The van der Waals surface area contributed by atoms with E-state index in [1.807, 2.05) is 7.05 Å². The first kappa shape index (κ1) is 12.7. The maximum atomic E-state index is 11.9. The largest absolute Gasteiger partial charge is 0.316 e. The molecule has 1 N–H and O–H groups in total. The second-order valence-electron chi connectivity index (χ2n) is 3.88. The molecule has 1 aliphatic rings. The van der Waals surface area contributed by atoms with Crippen LogP contribution in [0.3, 0.4) is 0 Å². The molecular formula is C10H20N2O2S. The van der Waals surface area contributed by atoms with E-state index in [2.05, 4.69) is 11.9 Å². The van der Waals surface area contributed by atoms with Crippen molar-refractivity contribution in [3.05, 3.63) is 12.7 Å². The number of sulfonamides is 1. The molecule has 0 saturated carbocycles. The van der Waals surface area contributed by atoms with Crippen LogP contribution in [0.15, 0.2) is 12.7 Å². The van der Waals surface area contributed by atoms with Crippen LogP contribution in [-0.2, 0) is 10.0 Å². The van der Waals surface area contributed by atoms with Crippen LogP contribution in [0.5, 0.6) is 0 Å². The number of nitrogens with zero attached hydrogens (tertiary/aromatic N) is 1. The Morgan fingerprint density at radius 3 is 2.93 bits per heavy atom. The second kappa shape index (κ2) is 5.63. The number of rotatable bonds is 5. The van der Waals surface area contributed by atoms with Gasteiger partial charge in [0.2, 0.25) is 10.0 Å². The van der Waals surface area contributed by atoms with Gasteiger partial charge in [0.05, 0.1) is 5.75 Å². The fourth-order valence-corrected chi connectivity index (χ4v) is 3.33. The van der Waals surface area contributed by atoms with Crippen molar-refractivity contribution < 1.29 is 8.42 Å². The van der Waals surface area contributed by atoms with E-state index in [-0.39, 0.29) is 5.75 Å². The minimum Gasteiger partial charge on any atom is -0.316 e. The average Bonchev–Trinajstić information content (AvgIpc) is 2.26. The maximum absolute atomic E-state index is 11.9. The molecular weight excluding hydrogens is 212 g/mol. The number of piperidine rings is 1. The molecule has 0 radical (unpaired) electrons. The molecule has 0 spiro atoms. The third-order valence-corrected chi connectivity index (χ3v) is 4.64. The number of hydrogen-bond donors (Lipinski definition) is 1. The Balaban J connectivity index is 2.57. The molecule has 0 aromatic heterocycles. The molecule has 0 bridgehead atoms. The SMILES string of the molecule is C=CCCS(=O)(=O)N1CCCC(NC)C1. The summed E-state index contributed by atoms with van der Waals surface area (Å²) in [6.45, 7) is 4.82. The van der Waals surface area contributed by atoms with Gasteiger partial charge >= 0.3 is 0 Å². The van der Waals surface area contributed by atoms with E-state index in [0.29, 0.717) is 25.6 Å². The third kappa shape index (κ3) is 3.59. The second-order valence-corrected chi connectivity index (χ2v) is 5.97. The van der Waals surface area contributed by atoms with Gasteiger partial charge in [-0.25, -0.2) is 12.7 Å². The van der Waals surface area contributed by atoms with Gasteiger partial charge in [-0.1, -0.05) is 6.08 Å². The summed E-state index contributed by atoms with van der Waals surface area (Å²) in [5.41, 5.74) is 0. The first-order valence-corrected chi connectivity index (χ1v) is 6.97. The number of hydrogen-bond acceptors (Lipinski definition) is 3. The molecule has 4 nitrogen and oxygen atoms in total. The normalized spacial score (nSPS) is 23.9. The molecule has 1 unspecified atom stereocenters. The summed E-state index contributed by atoms with van der Waals surface area (Å²) in [7, 11) is -1.19. The van der Waals surface area contributed by atoms with Crippen molar-refractivity contribution in [3.8, 4) is 0 Å². The van der Waals surface area contributed by atoms with Crippen LogP contribution in [-0.4, -0.2) is 44.7 Å². The lowest BCUT2D eigenvalue weighted by atomic mass is 10.1. The topological polar surface area (TPSA) is 49.4 Å². The lowest BCUT2D eigenvalue weighted by Crippen LogP contribution is -2.47. The molecule has 0 aromatic carbocycles. The van der Waals surface area contributed by atoms with E-state index in [1.54, 1.807) is 10.4 Å². The summed E-state index contributed by atoms with van der Waals surface area (Å²) >= 11 is 0. The van der Waals surface area contributed by atoms with Gasteiger partial charge in [0.15, 0.2) is 0 Å². The van der Waals surface area contributed by atoms with E-state index in [9.17, 15) is 8.42 Å². The third-order valence-electron chi connectivity index (χ3n) is 2.77. The van der Waals surface area contributed by atoms with Crippen LogP contribution in [0, 0.1) is 0 Å². The lowest BCUT2D eigenvalue weighted by molar-refractivity contribution is 0.293. The first-order valence-electron chi connectivity index (χ1n) is 5.36. The molecule has 1 aliphatic heterocycles. The molecule has 0 aliphatic carbocycles. The highest BCUT2D eigenvalue weighted by Crippen LogP contribution is 2.14. The van der Waals surface area contributed by atoms with Crippen LogP contribution >= 0.6 is 0 Å².